The summed E-state index contributed by atoms with van der Waals surface area (Å²) in [6, 6.07) is 4.08. The molecule has 0 amide bonds. The average Bonchev–Trinajstić information content (AvgIpc) is 2.38. The van der Waals surface area contributed by atoms with Crippen LogP contribution in [-0.2, 0) is 17.8 Å². The van der Waals surface area contributed by atoms with Gasteiger partial charge >= 0.3 is 0 Å². The fourth-order valence-corrected chi connectivity index (χ4v) is 2.01. The highest BCUT2D eigenvalue weighted by Gasteiger charge is 2.18. The molecule has 1 aromatic rings. The molecule has 0 unspecified atom stereocenters. The van der Waals surface area contributed by atoms with E-state index in [9.17, 15) is 0 Å². The van der Waals surface area contributed by atoms with E-state index in [1.807, 2.05) is 13.1 Å². The lowest BCUT2D eigenvalue weighted by Gasteiger charge is -2.23. The normalized spacial score (nSPS) is 13.8. The number of hydrogen-bond donors (Lipinski definition) is 1. The van der Waals surface area contributed by atoms with E-state index in [1.165, 1.54) is 5.56 Å². The van der Waals surface area contributed by atoms with Crippen molar-refractivity contribution in [2.24, 2.45) is 0 Å². The second kappa shape index (κ2) is 5.89. The van der Waals surface area contributed by atoms with E-state index in [1.54, 1.807) is 7.11 Å². The van der Waals surface area contributed by atoms with Crippen LogP contribution in [0.15, 0.2) is 12.1 Å². The van der Waals surface area contributed by atoms with Gasteiger partial charge in [-0.1, -0.05) is 6.07 Å². The first kappa shape index (κ1) is 12.2. The summed E-state index contributed by atoms with van der Waals surface area (Å²) in [4.78, 5) is 0. The predicted molar refractivity (Wildman–Crippen MR) is 65.8 cm³/mol. The Kier molecular flexibility index (Phi) is 4.23. The molecule has 1 aliphatic rings. The van der Waals surface area contributed by atoms with Gasteiger partial charge in [0, 0.05) is 12.7 Å². The third-order valence-corrected chi connectivity index (χ3v) is 2.84. The Morgan fingerprint density at radius 3 is 2.88 bits per heavy atom. The van der Waals surface area contributed by atoms with Crippen molar-refractivity contribution >= 4 is 0 Å². The second-order valence-electron chi connectivity index (χ2n) is 4.01. The molecule has 0 saturated heterocycles. The second-order valence-corrected chi connectivity index (χ2v) is 4.01. The molecule has 0 saturated carbocycles. The van der Waals surface area contributed by atoms with Gasteiger partial charge in [-0.15, -0.1) is 0 Å². The number of fused-ring (bicyclic) bond motifs is 1. The van der Waals surface area contributed by atoms with Gasteiger partial charge in [0.1, 0.15) is 13.2 Å². The van der Waals surface area contributed by atoms with Gasteiger partial charge in [0.2, 0.25) is 0 Å². The summed E-state index contributed by atoms with van der Waals surface area (Å²) in [6.45, 7) is 2.73. The summed E-state index contributed by atoms with van der Waals surface area (Å²) in [5.41, 5.74) is 2.37. The molecule has 1 N–H and O–H groups in total. The van der Waals surface area contributed by atoms with Crippen molar-refractivity contribution in [3.05, 3.63) is 23.3 Å². The summed E-state index contributed by atoms with van der Waals surface area (Å²) >= 11 is 0. The molecule has 2 rings (SSSR count). The highest BCUT2D eigenvalue weighted by molar-refractivity contribution is 5.51. The Balaban J connectivity index is 2.31. The van der Waals surface area contributed by atoms with Gasteiger partial charge in [-0.05, 0) is 31.6 Å². The number of rotatable bonds is 5. The number of nitrogens with one attached hydrogen (secondary N) is 1. The minimum Gasteiger partial charge on any atom is -0.486 e. The van der Waals surface area contributed by atoms with Gasteiger partial charge < -0.3 is 19.5 Å². The van der Waals surface area contributed by atoms with Crippen LogP contribution in [0.25, 0.3) is 0 Å². The van der Waals surface area contributed by atoms with Crippen molar-refractivity contribution in [2.75, 3.05) is 33.9 Å². The summed E-state index contributed by atoms with van der Waals surface area (Å²) in [7, 11) is 3.65. The molecule has 0 bridgehead atoms. The van der Waals surface area contributed by atoms with Crippen molar-refractivity contribution in [1.82, 2.24) is 5.32 Å². The van der Waals surface area contributed by atoms with E-state index in [0.29, 0.717) is 19.8 Å². The van der Waals surface area contributed by atoms with Crippen LogP contribution in [0.2, 0.25) is 0 Å². The summed E-state index contributed by atoms with van der Waals surface area (Å²) in [6.07, 6.45) is 0.964. The van der Waals surface area contributed by atoms with Crippen LogP contribution in [0.5, 0.6) is 11.5 Å². The van der Waals surface area contributed by atoms with Gasteiger partial charge in [0.25, 0.3) is 0 Å². The minimum absolute atomic E-state index is 0.561. The van der Waals surface area contributed by atoms with Crippen LogP contribution >= 0.6 is 0 Å². The first-order chi connectivity index (χ1) is 8.36. The first-order valence-corrected chi connectivity index (χ1v) is 5.90. The van der Waals surface area contributed by atoms with E-state index >= 15 is 0 Å². The van der Waals surface area contributed by atoms with Gasteiger partial charge in [-0.25, -0.2) is 0 Å². The van der Waals surface area contributed by atoms with E-state index < -0.39 is 0 Å². The van der Waals surface area contributed by atoms with Gasteiger partial charge in [-0.2, -0.15) is 0 Å². The number of benzene rings is 1. The zero-order valence-corrected chi connectivity index (χ0v) is 10.4. The maximum atomic E-state index is 5.70. The Bertz CT molecular complexity index is 379. The van der Waals surface area contributed by atoms with Crippen LogP contribution < -0.4 is 14.8 Å². The molecule has 4 nitrogen and oxygen atoms in total. The number of methoxy groups -OCH3 is 1. The average molecular weight is 237 g/mol. The topological polar surface area (TPSA) is 39.7 Å². The highest BCUT2D eigenvalue weighted by atomic mass is 16.6. The number of likely N-dealkylation sites (N-methyl/N-ethyl adjacent to an activating group) is 1. The van der Waals surface area contributed by atoms with Crippen LogP contribution in [0.3, 0.4) is 0 Å². The largest absolute Gasteiger partial charge is 0.486 e. The Hall–Kier alpha value is -1.26. The van der Waals surface area contributed by atoms with Gasteiger partial charge in [0.15, 0.2) is 11.5 Å². The molecule has 0 aliphatic carbocycles. The van der Waals surface area contributed by atoms with E-state index in [2.05, 4.69) is 11.4 Å². The highest BCUT2D eigenvalue weighted by Crippen LogP contribution is 2.36. The molecule has 0 radical (unpaired) electrons. The molecule has 0 aromatic heterocycles. The standard InChI is InChI=1S/C13H19NO3/c1-14-6-5-10-3-4-12-13(11(10)9-15-2)17-8-7-16-12/h3-4,14H,5-9H2,1-2H3. The van der Waals surface area contributed by atoms with Crippen LogP contribution in [0.4, 0.5) is 0 Å². The van der Waals surface area contributed by atoms with Crippen molar-refractivity contribution in [2.45, 2.75) is 13.0 Å². The van der Waals surface area contributed by atoms with Gasteiger partial charge in [-0.3, -0.25) is 0 Å². The zero-order valence-electron chi connectivity index (χ0n) is 10.4. The van der Waals surface area contributed by atoms with Crippen molar-refractivity contribution in [3.63, 3.8) is 0 Å². The fourth-order valence-electron chi connectivity index (χ4n) is 2.01. The third kappa shape index (κ3) is 2.70. The van der Waals surface area contributed by atoms with E-state index in [4.69, 9.17) is 14.2 Å². The maximum Gasteiger partial charge on any atom is 0.167 e. The lowest BCUT2D eigenvalue weighted by Crippen LogP contribution is -2.18. The smallest absolute Gasteiger partial charge is 0.167 e. The minimum atomic E-state index is 0.561. The third-order valence-electron chi connectivity index (χ3n) is 2.84. The summed E-state index contributed by atoms with van der Waals surface area (Å²) in [5.74, 6) is 1.68. The molecule has 0 atom stereocenters. The summed E-state index contributed by atoms with van der Waals surface area (Å²) < 4.78 is 16.5. The molecule has 94 valence electrons. The molecule has 0 spiro atoms. The van der Waals surface area contributed by atoms with Crippen LogP contribution in [0.1, 0.15) is 11.1 Å². The number of hydrogen-bond acceptors (Lipinski definition) is 4. The zero-order chi connectivity index (χ0) is 12.1. The molecule has 17 heavy (non-hydrogen) atoms. The lowest BCUT2D eigenvalue weighted by atomic mass is 10.0. The van der Waals surface area contributed by atoms with E-state index in [0.717, 1.165) is 30.0 Å². The fraction of sp³-hybridized carbons (Fsp3) is 0.538. The SMILES string of the molecule is CNCCc1ccc2c(c1COC)OCCO2. The van der Waals surface area contributed by atoms with Crippen molar-refractivity contribution in [3.8, 4) is 11.5 Å². The van der Waals surface area contributed by atoms with E-state index in [-0.39, 0.29) is 0 Å². The molecule has 0 fully saturated rings. The quantitative estimate of drug-likeness (QED) is 0.839. The lowest BCUT2D eigenvalue weighted by molar-refractivity contribution is 0.152. The molecular formula is C13H19NO3. The monoisotopic (exact) mass is 237 g/mol. The maximum absolute atomic E-state index is 5.70. The predicted octanol–water partition coefficient (Wildman–Crippen LogP) is 1.37. The van der Waals surface area contributed by atoms with Gasteiger partial charge in [0.05, 0.1) is 6.61 Å². The Morgan fingerprint density at radius 2 is 2.12 bits per heavy atom. The molecule has 4 heteroatoms. The van der Waals surface area contributed by atoms with Crippen molar-refractivity contribution in [1.29, 1.82) is 0 Å². The molecule has 1 aliphatic heterocycles. The molecule has 1 heterocycles. The Labute approximate surface area is 102 Å². The van der Waals surface area contributed by atoms with Crippen LogP contribution in [-0.4, -0.2) is 33.9 Å². The van der Waals surface area contributed by atoms with Crippen molar-refractivity contribution < 1.29 is 14.2 Å². The molecule has 1 aromatic carbocycles. The Morgan fingerprint density at radius 1 is 1.29 bits per heavy atom. The first-order valence-electron chi connectivity index (χ1n) is 5.90. The molecular weight excluding hydrogens is 218 g/mol. The number of ether oxygens (including phenoxy) is 3. The summed E-state index contributed by atoms with van der Waals surface area (Å²) in [5, 5.41) is 3.15. The van der Waals surface area contributed by atoms with Crippen LogP contribution in [0, 0.1) is 0 Å².